The third kappa shape index (κ3) is 2.14. The highest BCUT2D eigenvalue weighted by atomic mass is 35.5. The Morgan fingerprint density at radius 3 is 2.75 bits per heavy atom. The fourth-order valence-electron chi connectivity index (χ4n) is 6.49. The standard InChI is InChI=1S/C20H27ClO3/c1-19-8-7-12(22)9-11(19)3-4-13-14-5-6-15(21)18(24)20(14,2)10-16(23)17(13)19/h6,9,13-14,16-18,23-24H,3-5,7-8,10H2,1-2H3/t13-,14-,16-,17+,18-,19-,20-/m0/s1. The van der Waals surface area contributed by atoms with E-state index in [-0.39, 0.29) is 22.5 Å². The Labute approximate surface area is 148 Å². The molecule has 0 bridgehead atoms. The number of allylic oxidation sites excluding steroid dienone is 3. The summed E-state index contributed by atoms with van der Waals surface area (Å²) < 4.78 is 0. The number of carbonyl (C=O) groups is 1. The van der Waals surface area contributed by atoms with Crippen LogP contribution in [0.25, 0.3) is 0 Å². The molecule has 4 aliphatic carbocycles. The van der Waals surface area contributed by atoms with Crippen LogP contribution in [0.15, 0.2) is 22.8 Å². The minimum absolute atomic E-state index is 0.0759. The van der Waals surface area contributed by atoms with Gasteiger partial charge in [0.2, 0.25) is 0 Å². The lowest BCUT2D eigenvalue weighted by Gasteiger charge is -2.62. The van der Waals surface area contributed by atoms with Gasteiger partial charge >= 0.3 is 0 Å². The van der Waals surface area contributed by atoms with E-state index >= 15 is 0 Å². The fraction of sp³-hybridized carbons (Fsp3) is 0.750. The number of hydrogen-bond donors (Lipinski definition) is 2. The number of rotatable bonds is 0. The van der Waals surface area contributed by atoms with Crippen LogP contribution in [0, 0.1) is 28.6 Å². The average molecular weight is 351 g/mol. The van der Waals surface area contributed by atoms with Crippen molar-refractivity contribution in [2.24, 2.45) is 28.6 Å². The van der Waals surface area contributed by atoms with E-state index < -0.39 is 12.2 Å². The lowest BCUT2D eigenvalue weighted by molar-refractivity contribution is -0.157. The monoisotopic (exact) mass is 350 g/mol. The van der Waals surface area contributed by atoms with Gasteiger partial charge in [-0.3, -0.25) is 4.79 Å². The zero-order chi connectivity index (χ0) is 17.3. The van der Waals surface area contributed by atoms with Crippen molar-refractivity contribution < 1.29 is 15.0 Å². The van der Waals surface area contributed by atoms with Crippen molar-refractivity contribution in [1.29, 1.82) is 0 Å². The van der Waals surface area contributed by atoms with Crippen LogP contribution < -0.4 is 0 Å². The van der Waals surface area contributed by atoms with Crippen LogP contribution in [0.2, 0.25) is 0 Å². The van der Waals surface area contributed by atoms with E-state index in [0.717, 1.165) is 25.7 Å². The van der Waals surface area contributed by atoms with Crippen molar-refractivity contribution in [3.63, 3.8) is 0 Å². The van der Waals surface area contributed by atoms with Gasteiger partial charge in [0.25, 0.3) is 0 Å². The molecule has 4 aliphatic rings. The van der Waals surface area contributed by atoms with Crippen LogP contribution in [0.3, 0.4) is 0 Å². The molecule has 0 aromatic carbocycles. The molecule has 3 nitrogen and oxygen atoms in total. The molecule has 4 rings (SSSR count). The first-order valence-corrected chi connectivity index (χ1v) is 9.61. The Morgan fingerprint density at radius 1 is 1.25 bits per heavy atom. The molecule has 2 N–H and O–H groups in total. The number of carbonyl (C=O) groups excluding carboxylic acids is 1. The molecule has 132 valence electrons. The van der Waals surface area contributed by atoms with Gasteiger partial charge in [0, 0.05) is 16.9 Å². The highest BCUT2D eigenvalue weighted by Crippen LogP contribution is 2.64. The Balaban J connectivity index is 1.75. The summed E-state index contributed by atoms with van der Waals surface area (Å²) in [7, 11) is 0. The fourth-order valence-corrected chi connectivity index (χ4v) is 6.83. The summed E-state index contributed by atoms with van der Waals surface area (Å²) in [6, 6.07) is 0. The lowest BCUT2D eigenvalue weighted by atomic mass is 9.44. The zero-order valence-corrected chi connectivity index (χ0v) is 15.2. The highest BCUT2D eigenvalue weighted by Gasteiger charge is 2.60. The molecule has 4 heteroatoms. The molecule has 2 saturated carbocycles. The quantitative estimate of drug-likeness (QED) is 0.702. The van der Waals surface area contributed by atoms with Crippen molar-refractivity contribution in [2.45, 2.75) is 64.6 Å². The van der Waals surface area contributed by atoms with Gasteiger partial charge in [0.05, 0.1) is 12.2 Å². The van der Waals surface area contributed by atoms with Gasteiger partial charge in [0.15, 0.2) is 5.78 Å². The van der Waals surface area contributed by atoms with Gasteiger partial charge in [-0.1, -0.05) is 37.1 Å². The molecule has 7 atom stereocenters. The zero-order valence-electron chi connectivity index (χ0n) is 14.5. The number of ketones is 1. The number of hydrogen-bond acceptors (Lipinski definition) is 3. The summed E-state index contributed by atoms with van der Waals surface area (Å²) in [4.78, 5) is 11.9. The van der Waals surface area contributed by atoms with Crippen LogP contribution >= 0.6 is 11.6 Å². The number of fused-ring (bicyclic) bond motifs is 5. The Bertz CT molecular complexity index is 639. The largest absolute Gasteiger partial charge is 0.393 e. The lowest BCUT2D eigenvalue weighted by Crippen LogP contribution is -2.60. The third-order valence-electron chi connectivity index (χ3n) is 7.78. The van der Waals surface area contributed by atoms with Gasteiger partial charge in [-0.15, -0.1) is 0 Å². The molecule has 0 aromatic heterocycles. The van der Waals surface area contributed by atoms with Gasteiger partial charge in [-0.25, -0.2) is 0 Å². The molecule has 0 saturated heterocycles. The number of aliphatic hydroxyl groups is 2. The van der Waals surface area contributed by atoms with Crippen molar-refractivity contribution >= 4 is 17.4 Å². The number of halogens is 1. The van der Waals surface area contributed by atoms with Crippen molar-refractivity contribution in [3.05, 3.63) is 22.8 Å². The molecule has 0 spiro atoms. The van der Waals surface area contributed by atoms with E-state index in [9.17, 15) is 15.0 Å². The molecule has 24 heavy (non-hydrogen) atoms. The molecule has 0 heterocycles. The third-order valence-corrected chi connectivity index (χ3v) is 8.14. The smallest absolute Gasteiger partial charge is 0.155 e. The molecule has 0 aliphatic heterocycles. The average Bonchev–Trinajstić information content (AvgIpc) is 2.52. The van der Waals surface area contributed by atoms with E-state index in [1.807, 2.05) is 12.2 Å². The summed E-state index contributed by atoms with van der Waals surface area (Å²) in [6.45, 7) is 4.34. The summed E-state index contributed by atoms with van der Waals surface area (Å²) in [5.41, 5.74) is 0.815. The molecule has 0 radical (unpaired) electrons. The maximum atomic E-state index is 11.9. The van der Waals surface area contributed by atoms with Crippen LogP contribution in [0.4, 0.5) is 0 Å². The van der Waals surface area contributed by atoms with E-state index in [0.29, 0.717) is 29.7 Å². The maximum absolute atomic E-state index is 11.9. The SMILES string of the molecule is C[C@]12C[C@H](O)[C@H]3[C@@H](CCC4=CC(=O)CC[C@@]43C)[C@@H]1CC=C(Cl)[C@@H]2O. The second-order valence-corrected chi connectivity index (χ2v) is 9.33. The van der Waals surface area contributed by atoms with E-state index in [2.05, 4.69) is 13.8 Å². The first-order chi connectivity index (χ1) is 11.3. The normalized spacial score (nSPS) is 51.0. The van der Waals surface area contributed by atoms with Gasteiger partial charge < -0.3 is 10.2 Å². The second-order valence-electron chi connectivity index (χ2n) is 8.89. The Kier molecular flexibility index (Phi) is 3.80. The van der Waals surface area contributed by atoms with E-state index in [4.69, 9.17) is 11.6 Å². The van der Waals surface area contributed by atoms with Crippen LogP contribution in [-0.4, -0.2) is 28.2 Å². The predicted octanol–water partition coefficient (Wildman–Crippen LogP) is 3.58. The minimum atomic E-state index is -0.675. The molecular weight excluding hydrogens is 324 g/mol. The first kappa shape index (κ1) is 16.8. The van der Waals surface area contributed by atoms with Gasteiger partial charge in [0.1, 0.15) is 0 Å². The van der Waals surface area contributed by atoms with E-state index in [1.54, 1.807) is 0 Å². The second kappa shape index (κ2) is 5.43. The maximum Gasteiger partial charge on any atom is 0.155 e. The predicted molar refractivity (Wildman–Crippen MR) is 93.4 cm³/mol. The summed E-state index contributed by atoms with van der Waals surface area (Å²) in [5.74, 6) is 1.14. The Hall–Kier alpha value is -0.640. The first-order valence-electron chi connectivity index (χ1n) is 9.23. The van der Waals surface area contributed by atoms with Gasteiger partial charge in [-0.05, 0) is 61.3 Å². The van der Waals surface area contributed by atoms with Crippen LogP contribution in [-0.2, 0) is 4.79 Å². The van der Waals surface area contributed by atoms with Crippen molar-refractivity contribution in [1.82, 2.24) is 0 Å². The topological polar surface area (TPSA) is 57.5 Å². The van der Waals surface area contributed by atoms with Crippen molar-refractivity contribution in [3.8, 4) is 0 Å². The Morgan fingerprint density at radius 2 is 2.00 bits per heavy atom. The van der Waals surface area contributed by atoms with Crippen molar-refractivity contribution in [2.75, 3.05) is 0 Å². The molecular formula is C20H27ClO3. The summed E-state index contributed by atoms with van der Waals surface area (Å²) in [5, 5.41) is 22.3. The van der Waals surface area contributed by atoms with E-state index in [1.165, 1.54) is 5.57 Å². The number of aliphatic hydroxyl groups excluding tert-OH is 2. The molecule has 0 unspecified atom stereocenters. The molecule has 0 aromatic rings. The highest BCUT2D eigenvalue weighted by molar-refractivity contribution is 6.30. The summed E-state index contributed by atoms with van der Waals surface area (Å²) >= 11 is 6.24. The molecule has 2 fully saturated rings. The minimum Gasteiger partial charge on any atom is -0.393 e. The van der Waals surface area contributed by atoms with Crippen LogP contribution in [0.5, 0.6) is 0 Å². The summed E-state index contributed by atoms with van der Waals surface area (Å²) in [6.07, 6.45) is 7.55. The van der Waals surface area contributed by atoms with Gasteiger partial charge in [-0.2, -0.15) is 0 Å². The van der Waals surface area contributed by atoms with Crippen LogP contribution in [0.1, 0.15) is 52.4 Å². The molecule has 0 amide bonds.